The Kier molecular flexibility index (Phi) is 6.16. The SMILES string of the molecule is CC(=O)Nc1nnc(S(=O)(=O)NOCCN2CCOCC2)s1. The lowest BCUT2D eigenvalue weighted by Gasteiger charge is -2.26. The number of hydrogen-bond donors (Lipinski definition) is 2. The molecule has 2 rings (SSSR count). The molecule has 10 nitrogen and oxygen atoms in total. The number of carbonyl (C=O) groups excluding carboxylic acids is 1. The number of anilines is 1. The topological polar surface area (TPSA) is 123 Å². The number of nitrogens with one attached hydrogen (secondary N) is 2. The molecular weight excluding hydrogens is 334 g/mol. The van der Waals surface area contributed by atoms with Crippen molar-refractivity contribution in [1.82, 2.24) is 20.0 Å². The van der Waals surface area contributed by atoms with Crippen molar-refractivity contribution in [3.05, 3.63) is 0 Å². The fourth-order valence-electron chi connectivity index (χ4n) is 1.67. The predicted molar refractivity (Wildman–Crippen MR) is 77.7 cm³/mol. The van der Waals surface area contributed by atoms with Crippen LogP contribution in [-0.4, -0.2) is 68.9 Å². The summed E-state index contributed by atoms with van der Waals surface area (Å²) in [6.07, 6.45) is 0. The van der Waals surface area contributed by atoms with E-state index in [2.05, 4.69) is 20.4 Å². The largest absolute Gasteiger partial charge is 0.379 e. The monoisotopic (exact) mass is 351 g/mol. The molecule has 12 heteroatoms. The van der Waals surface area contributed by atoms with Gasteiger partial charge in [-0.05, 0) is 0 Å². The summed E-state index contributed by atoms with van der Waals surface area (Å²) in [6, 6.07) is 0. The predicted octanol–water partition coefficient (Wildman–Crippen LogP) is -0.961. The van der Waals surface area contributed by atoms with Gasteiger partial charge in [0.05, 0.1) is 19.8 Å². The molecule has 1 aromatic heterocycles. The first-order valence-electron chi connectivity index (χ1n) is 6.52. The van der Waals surface area contributed by atoms with Gasteiger partial charge >= 0.3 is 0 Å². The highest BCUT2D eigenvalue weighted by atomic mass is 32.2. The third-order valence-corrected chi connectivity index (χ3v) is 5.12. The van der Waals surface area contributed by atoms with Crippen LogP contribution in [0.15, 0.2) is 4.34 Å². The van der Waals surface area contributed by atoms with Crippen LogP contribution in [0.1, 0.15) is 6.92 Å². The lowest BCUT2D eigenvalue weighted by Crippen LogP contribution is -2.39. The number of aromatic nitrogens is 2. The molecule has 0 radical (unpaired) electrons. The normalized spacial score (nSPS) is 16.6. The molecule has 0 spiro atoms. The molecule has 1 aliphatic heterocycles. The molecule has 0 saturated carbocycles. The first-order chi connectivity index (χ1) is 10.5. The van der Waals surface area contributed by atoms with Gasteiger partial charge in [0.2, 0.25) is 11.0 Å². The van der Waals surface area contributed by atoms with Crippen LogP contribution in [0, 0.1) is 0 Å². The lowest BCUT2D eigenvalue weighted by molar-refractivity contribution is -0.114. The molecule has 0 aliphatic carbocycles. The fourth-order valence-corrected chi connectivity index (χ4v) is 3.43. The van der Waals surface area contributed by atoms with Crippen LogP contribution in [0.2, 0.25) is 0 Å². The van der Waals surface area contributed by atoms with E-state index >= 15 is 0 Å². The Labute approximate surface area is 131 Å². The third kappa shape index (κ3) is 5.23. The molecule has 1 aliphatic rings. The number of morpholine rings is 1. The molecular formula is C10H17N5O5S2. The van der Waals surface area contributed by atoms with Crippen molar-refractivity contribution >= 4 is 32.4 Å². The van der Waals surface area contributed by atoms with Crippen molar-refractivity contribution in [2.75, 3.05) is 44.8 Å². The maximum absolute atomic E-state index is 11.9. The van der Waals surface area contributed by atoms with Crippen LogP contribution in [0.3, 0.4) is 0 Å². The van der Waals surface area contributed by atoms with Crippen LogP contribution in [-0.2, 0) is 24.4 Å². The molecule has 1 saturated heterocycles. The van der Waals surface area contributed by atoms with Crippen LogP contribution in [0.4, 0.5) is 5.13 Å². The number of rotatable bonds is 7. The molecule has 1 aromatic rings. The van der Waals surface area contributed by atoms with E-state index in [1.807, 2.05) is 4.89 Å². The minimum Gasteiger partial charge on any atom is -0.379 e. The summed E-state index contributed by atoms with van der Waals surface area (Å²) in [5.74, 6) is -0.352. The van der Waals surface area contributed by atoms with E-state index < -0.39 is 10.0 Å². The third-order valence-electron chi connectivity index (χ3n) is 2.70. The number of nitrogens with zero attached hydrogens (tertiary/aromatic N) is 3. The average Bonchev–Trinajstić information content (AvgIpc) is 2.93. The van der Waals surface area contributed by atoms with Crippen LogP contribution in [0.5, 0.6) is 0 Å². The Morgan fingerprint density at radius 2 is 2.14 bits per heavy atom. The van der Waals surface area contributed by atoms with E-state index in [1.165, 1.54) is 6.92 Å². The lowest BCUT2D eigenvalue weighted by atomic mass is 10.4. The number of hydrogen-bond acceptors (Lipinski definition) is 9. The summed E-state index contributed by atoms with van der Waals surface area (Å²) in [6.45, 7) is 5.03. The number of amides is 1. The fraction of sp³-hybridized carbons (Fsp3) is 0.700. The Morgan fingerprint density at radius 1 is 1.41 bits per heavy atom. The molecule has 0 unspecified atom stereocenters. The number of ether oxygens (including phenoxy) is 1. The summed E-state index contributed by atoms with van der Waals surface area (Å²) in [4.78, 5) is 19.9. The van der Waals surface area contributed by atoms with Gasteiger partial charge in [-0.3, -0.25) is 14.5 Å². The Morgan fingerprint density at radius 3 is 2.82 bits per heavy atom. The summed E-state index contributed by atoms with van der Waals surface area (Å²) >= 11 is 0.743. The van der Waals surface area contributed by atoms with Crippen molar-refractivity contribution in [1.29, 1.82) is 0 Å². The van der Waals surface area contributed by atoms with E-state index in [4.69, 9.17) is 9.57 Å². The van der Waals surface area contributed by atoms with Gasteiger partial charge in [-0.2, -0.15) is 0 Å². The highest BCUT2D eigenvalue weighted by Crippen LogP contribution is 2.19. The first kappa shape index (κ1) is 17.2. The smallest absolute Gasteiger partial charge is 0.291 e. The van der Waals surface area contributed by atoms with E-state index in [9.17, 15) is 13.2 Å². The molecule has 0 bridgehead atoms. The minimum atomic E-state index is -3.90. The molecule has 0 aromatic carbocycles. The average molecular weight is 351 g/mol. The van der Waals surface area contributed by atoms with Crippen molar-refractivity contribution in [3.8, 4) is 0 Å². The van der Waals surface area contributed by atoms with E-state index in [1.54, 1.807) is 0 Å². The molecule has 22 heavy (non-hydrogen) atoms. The highest BCUT2D eigenvalue weighted by molar-refractivity contribution is 7.91. The molecule has 1 amide bonds. The molecule has 0 atom stereocenters. The molecule has 2 N–H and O–H groups in total. The zero-order valence-corrected chi connectivity index (χ0v) is 13.6. The van der Waals surface area contributed by atoms with Crippen molar-refractivity contribution in [3.63, 3.8) is 0 Å². The van der Waals surface area contributed by atoms with Crippen LogP contribution >= 0.6 is 11.3 Å². The summed E-state index contributed by atoms with van der Waals surface area (Å²) in [5, 5.41) is 9.54. The number of sulfonamides is 1. The molecule has 124 valence electrons. The first-order valence-corrected chi connectivity index (χ1v) is 8.82. The standard InChI is InChI=1S/C10H17N5O5S2/c1-8(16)11-9-12-13-10(21-9)22(17,18)14-20-7-4-15-2-5-19-6-3-15/h14H,2-7H2,1H3,(H,11,12,16). The van der Waals surface area contributed by atoms with Gasteiger partial charge < -0.3 is 10.1 Å². The Bertz CT molecular complexity index is 599. The van der Waals surface area contributed by atoms with Gasteiger partial charge in [-0.1, -0.05) is 16.2 Å². The van der Waals surface area contributed by atoms with E-state index in [0.29, 0.717) is 19.8 Å². The molecule has 2 heterocycles. The Hall–Kier alpha value is -1.18. The maximum Gasteiger partial charge on any atom is 0.291 e. The minimum absolute atomic E-state index is 0.112. The zero-order valence-electron chi connectivity index (χ0n) is 11.9. The highest BCUT2D eigenvalue weighted by Gasteiger charge is 2.21. The maximum atomic E-state index is 11.9. The van der Waals surface area contributed by atoms with Gasteiger partial charge in [0.15, 0.2) is 0 Å². The van der Waals surface area contributed by atoms with Gasteiger partial charge in [0.1, 0.15) is 0 Å². The Balaban J connectivity index is 1.77. The summed E-state index contributed by atoms with van der Waals surface area (Å²) in [7, 11) is -3.90. The van der Waals surface area contributed by atoms with Gasteiger partial charge in [0.25, 0.3) is 14.4 Å². The zero-order chi connectivity index (χ0) is 16.0. The number of carbonyl (C=O) groups is 1. The van der Waals surface area contributed by atoms with E-state index in [-0.39, 0.29) is 22.0 Å². The second kappa shape index (κ2) is 7.89. The van der Waals surface area contributed by atoms with Crippen molar-refractivity contribution in [2.45, 2.75) is 11.3 Å². The van der Waals surface area contributed by atoms with Crippen molar-refractivity contribution < 1.29 is 22.8 Å². The quantitative estimate of drug-likeness (QED) is 0.366. The molecule has 1 fully saturated rings. The van der Waals surface area contributed by atoms with Crippen molar-refractivity contribution in [2.24, 2.45) is 0 Å². The van der Waals surface area contributed by atoms with Gasteiger partial charge in [-0.15, -0.1) is 10.2 Å². The second-order valence-corrected chi connectivity index (χ2v) is 7.24. The van der Waals surface area contributed by atoms with E-state index in [0.717, 1.165) is 24.4 Å². The van der Waals surface area contributed by atoms with Crippen LogP contribution < -0.4 is 10.2 Å². The second-order valence-electron chi connectivity index (χ2n) is 4.44. The summed E-state index contributed by atoms with van der Waals surface area (Å²) in [5.41, 5.74) is 0. The summed E-state index contributed by atoms with van der Waals surface area (Å²) < 4.78 is 28.8. The van der Waals surface area contributed by atoms with Crippen LogP contribution in [0.25, 0.3) is 0 Å². The van der Waals surface area contributed by atoms with Gasteiger partial charge in [-0.25, -0.2) is 8.42 Å². The van der Waals surface area contributed by atoms with Gasteiger partial charge in [0, 0.05) is 26.6 Å².